The van der Waals surface area contributed by atoms with Gasteiger partial charge in [0.25, 0.3) is 5.91 Å². The van der Waals surface area contributed by atoms with Crippen LogP contribution in [0.3, 0.4) is 0 Å². The molecule has 1 rings (SSSR count). The predicted octanol–water partition coefficient (Wildman–Crippen LogP) is 0.804. The number of carbonyl (C=O) groups is 1. The van der Waals surface area contributed by atoms with Gasteiger partial charge in [-0.2, -0.15) is 0 Å². The van der Waals surface area contributed by atoms with Gasteiger partial charge >= 0.3 is 0 Å². The lowest BCUT2D eigenvalue weighted by atomic mass is 10.1. The molecule has 4 nitrogen and oxygen atoms in total. The van der Waals surface area contributed by atoms with Crippen LogP contribution in [0.5, 0.6) is 0 Å². The first-order valence-electron chi connectivity index (χ1n) is 6.42. The summed E-state index contributed by atoms with van der Waals surface area (Å²) in [6, 6.07) is 5.49. The van der Waals surface area contributed by atoms with E-state index in [9.17, 15) is 9.00 Å². The lowest BCUT2D eigenvalue weighted by Gasteiger charge is -2.06. The molecule has 0 aliphatic rings. The van der Waals surface area contributed by atoms with Gasteiger partial charge in [0.1, 0.15) is 0 Å². The van der Waals surface area contributed by atoms with E-state index >= 15 is 0 Å². The molecule has 5 heteroatoms. The first kappa shape index (κ1) is 16.4. The molecule has 0 aliphatic carbocycles. The molecule has 0 heterocycles. The highest BCUT2D eigenvalue weighted by molar-refractivity contribution is 7.84. The summed E-state index contributed by atoms with van der Waals surface area (Å²) in [5.41, 5.74) is 7.69. The van der Waals surface area contributed by atoms with Crippen LogP contribution < -0.4 is 11.1 Å². The van der Waals surface area contributed by atoms with E-state index < -0.39 is 10.8 Å². The summed E-state index contributed by atoms with van der Waals surface area (Å²) in [4.78, 5) is 12.0. The topological polar surface area (TPSA) is 72.2 Å². The summed E-state index contributed by atoms with van der Waals surface area (Å²) in [6.45, 7) is 2.74. The fraction of sp³-hybridized carbons (Fsp3) is 0.400. The summed E-state index contributed by atoms with van der Waals surface area (Å²) in [5.74, 6) is 6.17. The van der Waals surface area contributed by atoms with Gasteiger partial charge in [0.15, 0.2) is 0 Å². The number of nitrogens with two attached hydrogens (primary N) is 1. The smallest absolute Gasteiger partial charge is 0.251 e. The molecule has 1 amide bonds. The average molecular weight is 292 g/mol. The van der Waals surface area contributed by atoms with Gasteiger partial charge in [0, 0.05) is 40.5 Å². The van der Waals surface area contributed by atoms with Crippen molar-refractivity contribution in [2.75, 3.05) is 25.1 Å². The standard InChI is InChI=1S/C15H20N2O2S/c1-12-9-13(5-3-6-16)11-14(10-12)15(18)17-7-4-8-20(2)19/h9-11H,4,6-8,16H2,1-2H3,(H,17,18). The Balaban J connectivity index is 2.67. The van der Waals surface area contributed by atoms with Gasteiger partial charge in [-0.05, 0) is 37.1 Å². The summed E-state index contributed by atoms with van der Waals surface area (Å²) < 4.78 is 10.9. The third-order valence-electron chi connectivity index (χ3n) is 2.57. The van der Waals surface area contributed by atoms with Crippen molar-refractivity contribution in [1.29, 1.82) is 0 Å². The summed E-state index contributed by atoms with van der Waals surface area (Å²) in [7, 11) is -0.817. The van der Waals surface area contributed by atoms with Gasteiger partial charge in [-0.3, -0.25) is 9.00 Å². The van der Waals surface area contributed by atoms with Crippen LogP contribution in [-0.4, -0.2) is 35.2 Å². The van der Waals surface area contributed by atoms with Gasteiger partial charge in [0.2, 0.25) is 0 Å². The summed E-state index contributed by atoms with van der Waals surface area (Å²) >= 11 is 0. The van der Waals surface area contributed by atoms with Gasteiger partial charge in [0.05, 0.1) is 6.54 Å². The molecule has 0 aromatic heterocycles. The van der Waals surface area contributed by atoms with Crippen LogP contribution in [0.15, 0.2) is 18.2 Å². The molecule has 0 radical (unpaired) electrons. The first-order chi connectivity index (χ1) is 9.52. The highest BCUT2D eigenvalue weighted by Gasteiger charge is 2.06. The van der Waals surface area contributed by atoms with Gasteiger partial charge in [-0.1, -0.05) is 11.8 Å². The van der Waals surface area contributed by atoms with Crippen LogP contribution in [0.2, 0.25) is 0 Å². The molecule has 0 bridgehead atoms. The zero-order valence-electron chi connectivity index (χ0n) is 11.9. The number of carbonyl (C=O) groups excluding carboxylic acids is 1. The lowest BCUT2D eigenvalue weighted by molar-refractivity contribution is 0.0953. The van der Waals surface area contributed by atoms with E-state index in [1.807, 2.05) is 19.1 Å². The van der Waals surface area contributed by atoms with Gasteiger partial charge in [-0.25, -0.2) is 0 Å². The number of aryl methyl sites for hydroxylation is 1. The van der Waals surface area contributed by atoms with Crippen molar-refractivity contribution in [2.24, 2.45) is 5.73 Å². The zero-order chi connectivity index (χ0) is 15.0. The van der Waals surface area contributed by atoms with Crippen LogP contribution in [0.25, 0.3) is 0 Å². The van der Waals surface area contributed by atoms with E-state index in [0.717, 1.165) is 11.1 Å². The average Bonchev–Trinajstić information content (AvgIpc) is 2.40. The highest BCUT2D eigenvalue weighted by Crippen LogP contribution is 2.09. The molecule has 0 saturated heterocycles. The first-order valence-corrected chi connectivity index (χ1v) is 8.14. The van der Waals surface area contributed by atoms with Crippen LogP contribution in [0, 0.1) is 18.8 Å². The third-order valence-corrected chi connectivity index (χ3v) is 3.43. The maximum atomic E-state index is 12.0. The molecule has 0 fully saturated rings. The number of amides is 1. The van der Waals surface area contributed by atoms with Crippen molar-refractivity contribution in [3.63, 3.8) is 0 Å². The monoisotopic (exact) mass is 292 g/mol. The van der Waals surface area contributed by atoms with E-state index in [-0.39, 0.29) is 5.91 Å². The molecule has 1 aromatic carbocycles. The Morgan fingerprint density at radius 1 is 1.40 bits per heavy atom. The molecule has 1 atom stereocenters. The maximum Gasteiger partial charge on any atom is 0.251 e. The Morgan fingerprint density at radius 3 is 2.80 bits per heavy atom. The Kier molecular flexibility index (Phi) is 6.99. The zero-order valence-corrected chi connectivity index (χ0v) is 12.7. The van der Waals surface area contributed by atoms with Crippen LogP contribution in [0.1, 0.15) is 27.9 Å². The molecule has 1 aromatic rings. The minimum atomic E-state index is -0.817. The number of hydrogen-bond donors (Lipinski definition) is 2. The Hall–Kier alpha value is -1.64. The van der Waals surface area contributed by atoms with E-state index in [1.54, 1.807) is 12.3 Å². The van der Waals surface area contributed by atoms with E-state index in [1.165, 1.54) is 0 Å². The number of benzene rings is 1. The Bertz CT molecular complexity index is 559. The van der Waals surface area contributed by atoms with Crippen molar-refractivity contribution in [3.8, 4) is 11.8 Å². The van der Waals surface area contributed by atoms with Crippen molar-refractivity contribution >= 4 is 16.7 Å². The molecular weight excluding hydrogens is 272 g/mol. The predicted molar refractivity (Wildman–Crippen MR) is 83.0 cm³/mol. The number of hydrogen-bond acceptors (Lipinski definition) is 3. The summed E-state index contributed by atoms with van der Waals surface area (Å²) in [5, 5.41) is 2.82. The Labute approximate surface area is 122 Å². The Morgan fingerprint density at radius 2 is 2.15 bits per heavy atom. The highest BCUT2D eigenvalue weighted by atomic mass is 32.2. The fourth-order valence-corrected chi connectivity index (χ4v) is 2.27. The fourth-order valence-electron chi connectivity index (χ4n) is 1.72. The second-order valence-corrected chi connectivity index (χ2v) is 6.04. The van der Waals surface area contributed by atoms with Gasteiger partial charge in [-0.15, -0.1) is 0 Å². The molecule has 108 valence electrons. The molecular formula is C15H20N2O2S. The van der Waals surface area contributed by atoms with Crippen LogP contribution >= 0.6 is 0 Å². The minimum Gasteiger partial charge on any atom is -0.352 e. The minimum absolute atomic E-state index is 0.133. The van der Waals surface area contributed by atoms with Crippen molar-refractivity contribution in [3.05, 3.63) is 34.9 Å². The van der Waals surface area contributed by atoms with E-state index in [4.69, 9.17) is 5.73 Å². The SMILES string of the molecule is Cc1cc(C#CCN)cc(C(=O)NCCCS(C)=O)c1. The number of nitrogens with one attached hydrogen (secondary N) is 1. The largest absolute Gasteiger partial charge is 0.352 e. The van der Waals surface area contributed by atoms with Gasteiger partial charge < -0.3 is 11.1 Å². The lowest BCUT2D eigenvalue weighted by Crippen LogP contribution is -2.25. The molecule has 20 heavy (non-hydrogen) atoms. The third kappa shape index (κ3) is 6.00. The van der Waals surface area contributed by atoms with Crippen LogP contribution in [0.4, 0.5) is 0 Å². The normalized spacial score (nSPS) is 11.3. The second-order valence-electron chi connectivity index (χ2n) is 4.48. The molecule has 0 saturated carbocycles. The second kappa shape index (κ2) is 8.51. The van der Waals surface area contributed by atoms with E-state index in [2.05, 4.69) is 17.2 Å². The van der Waals surface area contributed by atoms with Crippen molar-refractivity contribution in [1.82, 2.24) is 5.32 Å². The number of rotatable bonds is 5. The molecule has 0 spiro atoms. The summed E-state index contributed by atoms with van der Waals surface area (Å²) in [6.07, 6.45) is 2.37. The van der Waals surface area contributed by atoms with Crippen molar-refractivity contribution in [2.45, 2.75) is 13.3 Å². The quantitative estimate of drug-likeness (QED) is 0.623. The van der Waals surface area contributed by atoms with Crippen molar-refractivity contribution < 1.29 is 9.00 Å². The van der Waals surface area contributed by atoms with Crippen LogP contribution in [-0.2, 0) is 10.8 Å². The van der Waals surface area contributed by atoms with E-state index in [0.29, 0.717) is 30.8 Å². The maximum absolute atomic E-state index is 12.0. The molecule has 1 unspecified atom stereocenters. The molecule has 0 aliphatic heterocycles. The molecule has 3 N–H and O–H groups in total.